The fourth-order valence-corrected chi connectivity index (χ4v) is 1.35. The van der Waals surface area contributed by atoms with E-state index in [1.54, 1.807) is 6.92 Å². The van der Waals surface area contributed by atoms with E-state index in [0.717, 1.165) is 0 Å². The van der Waals surface area contributed by atoms with Gasteiger partial charge in [-0.2, -0.15) is 0 Å². The Hall–Kier alpha value is -1.48. The van der Waals surface area contributed by atoms with Crippen molar-refractivity contribution in [2.24, 2.45) is 5.16 Å². The number of oxime groups is 1. The number of H-pyrrole nitrogens is 1. The predicted octanol–water partition coefficient (Wildman–Crippen LogP) is -1.47. The molecule has 5 N–H and O–H groups in total. The van der Waals surface area contributed by atoms with E-state index in [4.69, 9.17) is 5.11 Å². The molecule has 3 atom stereocenters. The van der Waals surface area contributed by atoms with E-state index in [9.17, 15) is 15.3 Å². The Labute approximate surface area is 104 Å². The van der Waals surface area contributed by atoms with Crippen molar-refractivity contribution in [1.29, 1.82) is 0 Å². The van der Waals surface area contributed by atoms with Crippen LogP contribution in [0.5, 0.6) is 0 Å². The van der Waals surface area contributed by atoms with Crippen molar-refractivity contribution in [2.45, 2.75) is 25.2 Å². The lowest BCUT2D eigenvalue weighted by atomic mass is 10.1. The first kappa shape index (κ1) is 14.6. The largest absolute Gasteiger partial charge is 0.399 e. The third-order valence-corrected chi connectivity index (χ3v) is 2.38. The second-order valence-corrected chi connectivity index (χ2v) is 3.72. The summed E-state index contributed by atoms with van der Waals surface area (Å²) >= 11 is 0. The van der Waals surface area contributed by atoms with Gasteiger partial charge in [-0.1, -0.05) is 5.16 Å². The number of aliphatic hydroxyl groups is 4. The molecule has 1 aromatic heterocycles. The van der Waals surface area contributed by atoms with Crippen molar-refractivity contribution in [1.82, 2.24) is 9.97 Å². The molecule has 0 saturated heterocycles. The molecule has 1 aromatic rings. The van der Waals surface area contributed by atoms with Gasteiger partial charge in [-0.25, -0.2) is 4.98 Å². The Morgan fingerprint density at radius 2 is 2.17 bits per heavy atom. The summed E-state index contributed by atoms with van der Waals surface area (Å²) in [5, 5.41) is 40.8. The van der Waals surface area contributed by atoms with Crippen LogP contribution in [-0.2, 0) is 4.84 Å². The minimum atomic E-state index is -1.52. The standard InChI is InChI=1S/C10H17N3O5/c1-5(13-18-2)10-11-3-6(12-10)8(16)9(17)7(15)4-14/h3,7-9,14-17H,4H2,1-2H3,(H,11,12)/t7-,8-,9-/m1/s1. The Morgan fingerprint density at radius 1 is 1.50 bits per heavy atom. The summed E-state index contributed by atoms with van der Waals surface area (Å²) < 4.78 is 0. The van der Waals surface area contributed by atoms with Gasteiger partial charge < -0.3 is 30.2 Å². The van der Waals surface area contributed by atoms with E-state index in [2.05, 4.69) is 20.0 Å². The van der Waals surface area contributed by atoms with Gasteiger partial charge in [0.15, 0.2) is 5.82 Å². The van der Waals surface area contributed by atoms with Gasteiger partial charge in [0.2, 0.25) is 0 Å². The van der Waals surface area contributed by atoms with Crippen molar-refractivity contribution in [2.75, 3.05) is 13.7 Å². The highest BCUT2D eigenvalue weighted by Gasteiger charge is 2.27. The molecule has 0 saturated carbocycles. The summed E-state index contributed by atoms with van der Waals surface area (Å²) in [5.41, 5.74) is 0.601. The summed E-state index contributed by atoms with van der Waals surface area (Å²) in [4.78, 5) is 11.3. The Balaban J connectivity index is 2.82. The van der Waals surface area contributed by atoms with Crippen LogP contribution < -0.4 is 0 Å². The highest BCUT2D eigenvalue weighted by Crippen LogP contribution is 2.17. The molecule has 0 aliphatic rings. The van der Waals surface area contributed by atoms with Crippen LogP contribution in [-0.4, -0.2) is 62.0 Å². The van der Waals surface area contributed by atoms with Gasteiger partial charge in [-0.15, -0.1) is 0 Å². The molecule has 1 heterocycles. The van der Waals surface area contributed by atoms with Crippen LogP contribution in [0.15, 0.2) is 11.4 Å². The lowest BCUT2D eigenvalue weighted by Gasteiger charge is -2.19. The first-order valence-electron chi connectivity index (χ1n) is 5.29. The fraction of sp³-hybridized carbons (Fsp3) is 0.600. The molecule has 8 nitrogen and oxygen atoms in total. The maximum atomic E-state index is 9.74. The zero-order chi connectivity index (χ0) is 13.7. The average Bonchev–Trinajstić information content (AvgIpc) is 2.86. The van der Waals surface area contributed by atoms with Gasteiger partial charge in [-0.3, -0.25) is 0 Å². The summed E-state index contributed by atoms with van der Waals surface area (Å²) in [6.07, 6.45) is -2.99. The second kappa shape index (κ2) is 6.45. The molecular weight excluding hydrogens is 242 g/mol. The van der Waals surface area contributed by atoms with E-state index >= 15 is 0 Å². The van der Waals surface area contributed by atoms with Crippen LogP contribution in [0, 0.1) is 0 Å². The number of aromatic amines is 1. The summed E-state index contributed by atoms with van der Waals surface area (Å²) in [5.74, 6) is 0.372. The first-order chi connectivity index (χ1) is 8.51. The molecule has 1 rings (SSSR count). The molecule has 18 heavy (non-hydrogen) atoms. The Morgan fingerprint density at radius 3 is 2.72 bits per heavy atom. The van der Waals surface area contributed by atoms with Crippen LogP contribution in [0.2, 0.25) is 0 Å². The molecule has 0 amide bonds. The van der Waals surface area contributed by atoms with Crippen molar-refractivity contribution in [3.8, 4) is 0 Å². The van der Waals surface area contributed by atoms with E-state index in [1.165, 1.54) is 13.3 Å². The Kier molecular flexibility index (Phi) is 5.23. The van der Waals surface area contributed by atoms with Gasteiger partial charge in [-0.05, 0) is 6.92 Å². The minimum absolute atomic E-state index is 0.135. The minimum Gasteiger partial charge on any atom is -0.399 e. The third kappa shape index (κ3) is 3.26. The summed E-state index contributed by atoms with van der Waals surface area (Å²) in [7, 11) is 1.39. The molecule has 8 heteroatoms. The number of aliphatic hydroxyl groups excluding tert-OH is 4. The number of hydrogen-bond donors (Lipinski definition) is 5. The molecule has 0 aliphatic heterocycles. The molecule has 0 aliphatic carbocycles. The van der Waals surface area contributed by atoms with Gasteiger partial charge in [0, 0.05) is 6.20 Å². The number of aromatic nitrogens is 2. The number of nitrogens with one attached hydrogen (secondary N) is 1. The second-order valence-electron chi connectivity index (χ2n) is 3.72. The highest BCUT2D eigenvalue weighted by atomic mass is 16.6. The zero-order valence-corrected chi connectivity index (χ0v) is 10.1. The smallest absolute Gasteiger partial charge is 0.155 e. The highest BCUT2D eigenvalue weighted by molar-refractivity contribution is 5.94. The zero-order valence-electron chi connectivity index (χ0n) is 10.1. The topological polar surface area (TPSA) is 131 Å². The van der Waals surface area contributed by atoms with E-state index < -0.39 is 24.9 Å². The lowest BCUT2D eigenvalue weighted by molar-refractivity contribution is -0.0788. The van der Waals surface area contributed by atoms with Gasteiger partial charge in [0.1, 0.15) is 31.1 Å². The molecule has 0 fully saturated rings. The van der Waals surface area contributed by atoms with E-state index in [0.29, 0.717) is 11.5 Å². The van der Waals surface area contributed by atoms with Crippen molar-refractivity contribution in [3.63, 3.8) is 0 Å². The van der Waals surface area contributed by atoms with Crippen molar-refractivity contribution < 1.29 is 25.3 Å². The first-order valence-corrected chi connectivity index (χ1v) is 5.29. The summed E-state index contributed by atoms with van der Waals surface area (Å²) in [6, 6.07) is 0. The molecule has 0 bridgehead atoms. The normalized spacial score (nSPS) is 17.3. The van der Waals surface area contributed by atoms with Gasteiger partial charge in [0.05, 0.1) is 12.3 Å². The number of rotatable bonds is 6. The quantitative estimate of drug-likeness (QED) is 0.313. The van der Waals surface area contributed by atoms with Crippen LogP contribution >= 0.6 is 0 Å². The Bertz CT molecular complexity index is 406. The molecular formula is C10H17N3O5. The molecule has 0 unspecified atom stereocenters. The molecule has 0 spiro atoms. The number of hydrogen-bond acceptors (Lipinski definition) is 7. The number of imidazole rings is 1. The predicted molar refractivity (Wildman–Crippen MR) is 61.9 cm³/mol. The van der Waals surface area contributed by atoms with Gasteiger partial charge >= 0.3 is 0 Å². The molecule has 0 aromatic carbocycles. The van der Waals surface area contributed by atoms with Crippen LogP contribution in [0.1, 0.15) is 24.5 Å². The molecule has 0 radical (unpaired) electrons. The maximum Gasteiger partial charge on any atom is 0.155 e. The fourth-order valence-electron chi connectivity index (χ4n) is 1.35. The average molecular weight is 259 g/mol. The van der Waals surface area contributed by atoms with Gasteiger partial charge in [0.25, 0.3) is 0 Å². The SMILES string of the molecule is CON=C(C)c1nc([C@@H](O)[C@H](O)[C@H](O)CO)c[nH]1. The van der Waals surface area contributed by atoms with Crippen molar-refractivity contribution in [3.05, 3.63) is 17.7 Å². The van der Waals surface area contributed by atoms with E-state index in [-0.39, 0.29) is 5.69 Å². The maximum absolute atomic E-state index is 9.74. The van der Waals surface area contributed by atoms with E-state index in [1.807, 2.05) is 0 Å². The van der Waals surface area contributed by atoms with Crippen LogP contribution in [0.4, 0.5) is 0 Å². The van der Waals surface area contributed by atoms with Crippen LogP contribution in [0.25, 0.3) is 0 Å². The monoisotopic (exact) mass is 259 g/mol. The number of nitrogens with zero attached hydrogens (tertiary/aromatic N) is 2. The van der Waals surface area contributed by atoms with Crippen LogP contribution in [0.3, 0.4) is 0 Å². The molecule has 102 valence electrons. The summed E-state index contributed by atoms with van der Waals surface area (Å²) in [6.45, 7) is 0.997. The van der Waals surface area contributed by atoms with Crippen molar-refractivity contribution >= 4 is 5.71 Å². The lowest BCUT2D eigenvalue weighted by Crippen LogP contribution is -2.34. The third-order valence-electron chi connectivity index (χ3n) is 2.38.